The lowest BCUT2D eigenvalue weighted by Gasteiger charge is -2.31. The average molecular weight is 374 g/mol. The van der Waals surface area contributed by atoms with Gasteiger partial charge in [0.2, 0.25) is 0 Å². The number of rotatable bonds is 4. The number of nitrogens with two attached hydrogens (primary N) is 1. The largest absolute Gasteiger partial charge is 0.444 e. The lowest BCUT2D eigenvalue weighted by molar-refractivity contribution is -0.154. The number of benzene rings is 2. The molecule has 28 heavy (non-hydrogen) atoms. The summed E-state index contributed by atoms with van der Waals surface area (Å²) in [6.07, 6.45) is 6.22. The highest BCUT2D eigenvalue weighted by atomic mass is 16.7. The Bertz CT molecular complexity index is 957. The third-order valence-corrected chi connectivity index (χ3v) is 4.22. The summed E-state index contributed by atoms with van der Waals surface area (Å²) in [5.74, 6) is 12.0. The SMILES string of the molecule is CC(=O)OC(C#CC1(C)C=CC=CN1N)Oc1cccc(-c2ccccc2)c1. The zero-order valence-corrected chi connectivity index (χ0v) is 15.8. The number of allylic oxidation sites excluding steroid dienone is 2. The molecular weight excluding hydrogens is 352 g/mol. The van der Waals surface area contributed by atoms with Crippen molar-refractivity contribution in [1.29, 1.82) is 0 Å². The summed E-state index contributed by atoms with van der Waals surface area (Å²) >= 11 is 0. The average Bonchev–Trinajstić information content (AvgIpc) is 2.69. The highest BCUT2D eigenvalue weighted by Crippen LogP contribution is 2.24. The van der Waals surface area contributed by atoms with E-state index in [1.165, 1.54) is 11.9 Å². The molecule has 0 spiro atoms. The van der Waals surface area contributed by atoms with E-state index in [1.807, 2.05) is 73.7 Å². The van der Waals surface area contributed by atoms with E-state index in [9.17, 15) is 4.79 Å². The summed E-state index contributed by atoms with van der Waals surface area (Å²) in [6, 6.07) is 17.5. The highest BCUT2D eigenvalue weighted by Gasteiger charge is 2.24. The van der Waals surface area contributed by atoms with Gasteiger partial charge in [0, 0.05) is 13.1 Å². The van der Waals surface area contributed by atoms with Crippen LogP contribution in [0, 0.1) is 11.8 Å². The van der Waals surface area contributed by atoms with Crippen LogP contribution in [0.5, 0.6) is 5.75 Å². The second kappa shape index (κ2) is 8.47. The van der Waals surface area contributed by atoms with Gasteiger partial charge in [-0.05, 0) is 48.3 Å². The molecule has 0 aliphatic carbocycles. The van der Waals surface area contributed by atoms with Crippen molar-refractivity contribution in [2.24, 2.45) is 5.84 Å². The minimum absolute atomic E-state index is 0.479. The molecule has 0 fully saturated rings. The van der Waals surface area contributed by atoms with Crippen LogP contribution in [-0.2, 0) is 9.53 Å². The van der Waals surface area contributed by atoms with Crippen LogP contribution in [0.25, 0.3) is 11.1 Å². The van der Waals surface area contributed by atoms with Crippen LogP contribution in [0.4, 0.5) is 0 Å². The topological polar surface area (TPSA) is 64.8 Å². The Kier molecular flexibility index (Phi) is 5.83. The van der Waals surface area contributed by atoms with Crippen molar-refractivity contribution in [2.75, 3.05) is 0 Å². The van der Waals surface area contributed by atoms with Gasteiger partial charge < -0.3 is 9.47 Å². The molecule has 2 unspecified atom stereocenters. The van der Waals surface area contributed by atoms with Gasteiger partial charge in [0.25, 0.3) is 0 Å². The third-order valence-electron chi connectivity index (χ3n) is 4.22. The Labute approximate surface area is 165 Å². The van der Waals surface area contributed by atoms with Crippen molar-refractivity contribution < 1.29 is 14.3 Å². The van der Waals surface area contributed by atoms with Crippen LogP contribution < -0.4 is 10.6 Å². The van der Waals surface area contributed by atoms with Crippen LogP contribution in [0.2, 0.25) is 0 Å². The summed E-state index contributed by atoms with van der Waals surface area (Å²) in [5, 5.41) is 1.49. The van der Waals surface area contributed by atoms with Crippen molar-refractivity contribution in [2.45, 2.75) is 25.7 Å². The molecule has 2 aromatic rings. The molecule has 1 aliphatic rings. The summed E-state index contributed by atoms with van der Waals surface area (Å²) in [6.45, 7) is 3.18. The molecule has 5 heteroatoms. The molecule has 2 atom stereocenters. The second-order valence-electron chi connectivity index (χ2n) is 6.48. The number of hydrogen-bond donors (Lipinski definition) is 1. The zero-order chi connectivity index (χ0) is 20.0. The van der Waals surface area contributed by atoms with E-state index in [0.29, 0.717) is 5.75 Å². The summed E-state index contributed by atoms with van der Waals surface area (Å²) in [7, 11) is 0. The Morgan fingerprint density at radius 2 is 1.86 bits per heavy atom. The van der Waals surface area contributed by atoms with E-state index in [4.69, 9.17) is 15.3 Å². The summed E-state index contributed by atoms with van der Waals surface area (Å²) in [4.78, 5) is 11.5. The third kappa shape index (κ3) is 4.81. The fourth-order valence-corrected chi connectivity index (χ4v) is 2.67. The molecule has 142 valence electrons. The monoisotopic (exact) mass is 374 g/mol. The Morgan fingerprint density at radius 1 is 1.11 bits per heavy atom. The van der Waals surface area contributed by atoms with Crippen LogP contribution in [0.15, 0.2) is 79.0 Å². The molecule has 0 bridgehead atoms. The van der Waals surface area contributed by atoms with Crippen LogP contribution in [0.1, 0.15) is 13.8 Å². The maximum absolute atomic E-state index is 11.5. The molecule has 2 aromatic carbocycles. The van der Waals surface area contributed by atoms with Gasteiger partial charge in [0.15, 0.2) is 0 Å². The molecule has 5 nitrogen and oxygen atoms in total. The maximum atomic E-state index is 11.5. The fraction of sp³-hybridized carbons (Fsp3) is 0.174. The van der Waals surface area contributed by atoms with E-state index < -0.39 is 17.8 Å². The van der Waals surface area contributed by atoms with Crippen molar-refractivity contribution in [1.82, 2.24) is 5.01 Å². The van der Waals surface area contributed by atoms with Crippen molar-refractivity contribution in [3.8, 4) is 28.7 Å². The standard InChI is InChI=1S/C23H22N2O3/c1-18(26)27-22(13-15-23(2)14-6-7-16-25(23)24)28-21-12-8-11-20(17-21)19-9-4-3-5-10-19/h3-12,14,16-17,22H,24H2,1-2H3. The number of carbonyl (C=O) groups is 1. The number of esters is 1. The number of nitrogens with zero attached hydrogens (tertiary/aromatic N) is 1. The van der Waals surface area contributed by atoms with Gasteiger partial charge in [-0.15, -0.1) is 0 Å². The second-order valence-corrected chi connectivity index (χ2v) is 6.48. The number of hydrogen-bond acceptors (Lipinski definition) is 5. The first kappa shape index (κ1) is 19.3. The molecule has 0 saturated carbocycles. The predicted octanol–water partition coefficient (Wildman–Crippen LogP) is 3.64. The molecule has 1 heterocycles. The van der Waals surface area contributed by atoms with E-state index in [0.717, 1.165) is 11.1 Å². The van der Waals surface area contributed by atoms with Gasteiger partial charge in [-0.1, -0.05) is 54.5 Å². The van der Waals surface area contributed by atoms with Gasteiger partial charge in [0.1, 0.15) is 11.3 Å². The molecule has 0 amide bonds. The van der Waals surface area contributed by atoms with Gasteiger partial charge >= 0.3 is 12.3 Å². The molecule has 0 radical (unpaired) electrons. The van der Waals surface area contributed by atoms with E-state index in [2.05, 4.69) is 11.8 Å². The summed E-state index contributed by atoms with van der Waals surface area (Å²) in [5.41, 5.74) is 1.34. The molecule has 0 saturated heterocycles. The van der Waals surface area contributed by atoms with Gasteiger partial charge in [-0.2, -0.15) is 0 Å². The first-order valence-corrected chi connectivity index (χ1v) is 8.88. The molecule has 3 rings (SSSR count). The smallest absolute Gasteiger partial charge is 0.308 e. The zero-order valence-electron chi connectivity index (χ0n) is 15.8. The lowest BCUT2D eigenvalue weighted by atomic mass is 10.00. The molecular formula is C23H22N2O3. The Morgan fingerprint density at radius 3 is 2.57 bits per heavy atom. The predicted molar refractivity (Wildman–Crippen MR) is 109 cm³/mol. The van der Waals surface area contributed by atoms with Crippen LogP contribution in [0.3, 0.4) is 0 Å². The number of carbonyl (C=O) groups excluding carboxylic acids is 1. The first-order chi connectivity index (χ1) is 13.5. The highest BCUT2D eigenvalue weighted by molar-refractivity contribution is 5.67. The number of hydrazine groups is 1. The maximum Gasteiger partial charge on any atom is 0.308 e. The Hall–Kier alpha value is -3.49. The van der Waals surface area contributed by atoms with E-state index >= 15 is 0 Å². The minimum atomic E-state index is -1.05. The van der Waals surface area contributed by atoms with Crippen molar-refractivity contribution in [3.63, 3.8) is 0 Å². The molecule has 2 N–H and O–H groups in total. The van der Waals surface area contributed by atoms with Crippen molar-refractivity contribution >= 4 is 5.97 Å². The minimum Gasteiger partial charge on any atom is -0.444 e. The van der Waals surface area contributed by atoms with E-state index in [1.54, 1.807) is 12.3 Å². The van der Waals surface area contributed by atoms with Gasteiger partial charge in [0.05, 0.1) is 0 Å². The quantitative estimate of drug-likeness (QED) is 0.383. The van der Waals surface area contributed by atoms with Gasteiger partial charge in [-0.3, -0.25) is 9.80 Å². The fourth-order valence-electron chi connectivity index (χ4n) is 2.67. The first-order valence-electron chi connectivity index (χ1n) is 8.88. The molecule has 1 aliphatic heterocycles. The normalized spacial score (nSPS) is 18.8. The van der Waals surface area contributed by atoms with E-state index in [-0.39, 0.29) is 0 Å². The molecule has 0 aromatic heterocycles. The van der Waals surface area contributed by atoms with Gasteiger partial charge in [-0.25, -0.2) is 5.84 Å². The van der Waals surface area contributed by atoms with Crippen LogP contribution in [-0.4, -0.2) is 22.8 Å². The van der Waals surface area contributed by atoms with Crippen molar-refractivity contribution in [3.05, 3.63) is 79.0 Å². The lowest BCUT2D eigenvalue weighted by Crippen LogP contribution is -2.46. The van der Waals surface area contributed by atoms with Crippen LogP contribution >= 0.6 is 0 Å². The Balaban J connectivity index is 1.83. The summed E-state index contributed by atoms with van der Waals surface area (Å²) < 4.78 is 11.1. The number of ether oxygens (including phenoxy) is 2.